The van der Waals surface area contributed by atoms with Crippen LogP contribution in [0.15, 0.2) is 0 Å². The van der Waals surface area contributed by atoms with Crippen LogP contribution in [0.2, 0.25) is 0 Å². The van der Waals surface area contributed by atoms with Gasteiger partial charge in [-0.15, -0.1) is 0 Å². The van der Waals surface area contributed by atoms with E-state index in [1.54, 1.807) is 4.90 Å². The lowest BCUT2D eigenvalue weighted by Gasteiger charge is -2.05. The van der Waals surface area contributed by atoms with E-state index in [1.807, 2.05) is 7.05 Å². The average Bonchev–Trinajstić information content (AvgIpc) is 2.44. The van der Waals surface area contributed by atoms with Crippen molar-refractivity contribution in [2.45, 2.75) is 18.9 Å². The molecule has 0 atom stereocenters. The molecule has 1 saturated carbocycles. The molecule has 0 unspecified atom stereocenters. The zero-order valence-electron chi connectivity index (χ0n) is 4.42. The number of hydrogen-bond acceptors (Lipinski definition) is 1. The molecule has 1 rings (SSSR count). The Hall–Kier alpha value is -0.530. The molecule has 2 heteroatoms. The summed E-state index contributed by atoms with van der Waals surface area (Å²) in [6, 6.07) is 0.581. The van der Waals surface area contributed by atoms with Crippen molar-refractivity contribution in [3.63, 3.8) is 0 Å². The molecule has 0 N–H and O–H groups in total. The molecule has 0 heterocycles. The van der Waals surface area contributed by atoms with Crippen molar-refractivity contribution in [1.29, 1.82) is 0 Å². The standard InChI is InChI=1S/C5H9NO/c1-6(4-7)5-2-3-5/h4-5H,2-3H2,1H3. The third-order valence-electron chi connectivity index (χ3n) is 1.29. The molecule has 0 spiro atoms. The van der Waals surface area contributed by atoms with E-state index >= 15 is 0 Å². The van der Waals surface area contributed by atoms with E-state index < -0.39 is 0 Å². The maximum atomic E-state index is 9.91. The van der Waals surface area contributed by atoms with Crippen molar-refractivity contribution in [3.05, 3.63) is 0 Å². The van der Waals surface area contributed by atoms with Crippen molar-refractivity contribution in [2.24, 2.45) is 0 Å². The highest BCUT2D eigenvalue weighted by Gasteiger charge is 2.24. The van der Waals surface area contributed by atoms with E-state index in [0.29, 0.717) is 6.04 Å². The Morgan fingerprint density at radius 2 is 2.29 bits per heavy atom. The van der Waals surface area contributed by atoms with Crippen LogP contribution in [0, 0.1) is 0 Å². The minimum Gasteiger partial charge on any atom is -0.345 e. The molecular formula is C5H9NO. The topological polar surface area (TPSA) is 20.3 Å². The highest BCUT2D eigenvalue weighted by atomic mass is 16.1. The normalized spacial score (nSPS) is 19.0. The fourth-order valence-electron chi connectivity index (χ4n) is 0.568. The van der Waals surface area contributed by atoms with Crippen LogP contribution in [0.1, 0.15) is 12.8 Å². The second-order valence-corrected chi connectivity index (χ2v) is 2.00. The first kappa shape index (κ1) is 4.62. The van der Waals surface area contributed by atoms with Gasteiger partial charge in [-0.2, -0.15) is 0 Å². The van der Waals surface area contributed by atoms with E-state index in [1.165, 1.54) is 12.8 Å². The van der Waals surface area contributed by atoms with Crippen molar-refractivity contribution in [2.75, 3.05) is 7.05 Å². The molecule has 1 aliphatic carbocycles. The van der Waals surface area contributed by atoms with Crippen LogP contribution < -0.4 is 0 Å². The van der Waals surface area contributed by atoms with E-state index in [2.05, 4.69) is 0 Å². The van der Waals surface area contributed by atoms with Crippen molar-refractivity contribution >= 4 is 6.41 Å². The van der Waals surface area contributed by atoms with Crippen LogP contribution in [0.25, 0.3) is 0 Å². The second-order valence-electron chi connectivity index (χ2n) is 2.00. The van der Waals surface area contributed by atoms with Crippen molar-refractivity contribution in [3.8, 4) is 0 Å². The van der Waals surface area contributed by atoms with Crippen molar-refractivity contribution in [1.82, 2.24) is 4.90 Å². The molecule has 0 aromatic rings. The number of amides is 1. The molecule has 7 heavy (non-hydrogen) atoms. The number of rotatable bonds is 2. The molecule has 0 bridgehead atoms. The monoisotopic (exact) mass is 99.1 g/mol. The van der Waals surface area contributed by atoms with Crippen LogP contribution in [0.4, 0.5) is 0 Å². The molecule has 0 radical (unpaired) electrons. The van der Waals surface area contributed by atoms with Crippen molar-refractivity contribution < 1.29 is 4.79 Å². The van der Waals surface area contributed by atoms with Gasteiger partial charge in [-0.1, -0.05) is 0 Å². The molecule has 0 saturated heterocycles. The van der Waals surface area contributed by atoms with Crippen LogP contribution in [-0.2, 0) is 4.79 Å². The molecule has 0 aromatic heterocycles. The second kappa shape index (κ2) is 1.52. The Morgan fingerprint density at radius 1 is 1.71 bits per heavy atom. The van der Waals surface area contributed by atoms with Crippen LogP contribution in [0.5, 0.6) is 0 Å². The van der Waals surface area contributed by atoms with Crippen LogP contribution >= 0.6 is 0 Å². The van der Waals surface area contributed by atoms with Gasteiger partial charge >= 0.3 is 0 Å². The zero-order valence-corrected chi connectivity index (χ0v) is 4.42. The smallest absolute Gasteiger partial charge is 0.209 e. The summed E-state index contributed by atoms with van der Waals surface area (Å²) in [6.07, 6.45) is 3.29. The Bertz CT molecular complexity index is 78.1. The van der Waals surface area contributed by atoms with Gasteiger partial charge in [-0.25, -0.2) is 0 Å². The fourth-order valence-corrected chi connectivity index (χ4v) is 0.568. The minimum absolute atomic E-state index is 0.581. The Morgan fingerprint density at radius 3 is 2.43 bits per heavy atom. The van der Waals surface area contributed by atoms with Gasteiger partial charge in [0, 0.05) is 13.1 Å². The molecule has 1 fully saturated rings. The van der Waals surface area contributed by atoms with E-state index in [9.17, 15) is 4.79 Å². The van der Waals surface area contributed by atoms with Gasteiger partial charge in [0.05, 0.1) is 0 Å². The number of nitrogens with zero attached hydrogens (tertiary/aromatic N) is 1. The van der Waals surface area contributed by atoms with Gasteiger partial charge < -0.3 is 4.90 Å². The lowest BCUT2D eigenvalue weighted by Crippen LogP contribution is -2.17. The molecule has 0 aromatic carbocycles. The summed E-state index contributed by atoms with van der Waals surface area (Å²) in [5, 5.41) is 0. The fraction of sp³-hybridized carbons (Fsp3) is 0.800. The molecule has 1 amide bonds. The Labute approximate surface area is 43.1 Å². The van der Waals surface area contributed by atoms with Crippen LogP contribution in [-0.4, -0.2) is 24.4 Å². The first-order chi connectivity index (χ1) is 3.34. The maximum Gasteiger partial charge on any atom is 0.209 e. The highest BCUT2D eigenvalue weighted by molar-refractivity contribution is 5.47. The van der Waals surface area contributed by atoms with Gasteiger partial charge in [0.15, 0.2) is 0 Å². The van der Waals surface area contributed by atoms with E-state index in [0.717, 1.165) is 6.41 Å². The number of carbonyl (C=O) groups is 1. The Kier molecular flexibility index (Phi) is 1.01. The lowest BCUT2D eigenvalue weighted by atomic mass is 10.6. The highest BCUT2D eigenvalue weighted by Crippen LogP contribution is 2.23. The zero-order chi connectivity index (χ0) is 5.28. The van der Waals surface area contributed by atoms with Crippen LogP contribution in [0.3, 0.4) is 0 Å². The third-order valence-corrected chi connectivity index (χ3v) is 1.29. The number of carbonyl (C=O) groups excluding carboxylic acids is 1. The SMILES string of the molecule is CN(C=O)C1CC1. The third kappa shape index (κ3) is 0.918. The summed E-state index contributed by atoms with van der Waals surface area (Å²) in [6.45, 7) is 0. The summed E-state index contributed by atoms with van der Waals surface area (Å²) in [4.78, 5) is 11.6. The minimum atomic E-state index is 0.581. The average molecular weight is 99.1 g/mol. The number of hydrogen-bond donors (Lipinski definition) is 0. The molecular weight excluding hydrogens is 90.1 g/mol. The summed E-state index contributed by atoms with van der Waals surface area (Å²) in [5.41, 5.74) is 0. The lowest BCUT2D eigenvalue weighted by molar-refractivity contribution is -0.117. The summed E-state index contributed by atoms with van der Waals surface area (Å²) in [7, 11) is 1.82. The first-order valence-corrected chi connectivity index (χ1v) is 2.52. The molecule has 1 aliphatic rings. The van der Waals surface area contributed by atoms with E-state index in [4.69, 9.17) is 0 Å². The largest absolute Gasteiger partial charge is 0.345 e. The van der Waals surface area contributed by atoms with E-state index in [-0.39, 0.29) is 0 Å². The predicted octanol–water partition coefficient (Wildman–Crippen LogP) is 0.237. The van der Waals surface area contributed by atoms with Gasteiger partial charge in [-0.3, -0.25) is 4.79 Å². The quantitative estimate of drug-likeness (QED) is 0.454. The Balaban J connectivity index is 2.22. The van der Waals surface area contributed by atoms with Gasteiger partial charge in [0.25, 0.3) is 0 Å². The van der Waals surface area contributed by atoms with Gasteiger partial charge in [0.1, 0.15) is 0 Å². The molecule has 0 aliphatic heterocycles. The van der Waals surface area contributed by atoms with Gasteiger partial charge in [-0.05, 0) is 12.8 Å². The summed E-state index contributed by atoms with van der Waals surface area (Å²) < 4.78 is 0. The predicted molar refractivity (Wildman–Crippen MR) is 26.8 cm³/mol. The molecule has 2 nitrogen and oxygen atoms in total. The van der Waals surface area contributed by atoms with Gasteiger partial charge in [0.2, 0.25) is 6.41 Å². The maximum absolute atomic E-state index is 9.91. The summed E-state index contributed by atoms with van der Waals surface area (Å²) in [5.74, 6) is 0. The first-order valence-electron chi connectivity index (χ1n) is 2.52. The summed E-state index contributed by atoms with van der Waals surface area (Å²) >= 11 is 0. The molecule has 40 valence electrons.